The van der Waals surface area contributed by atoms with Crippen LogP contribution in [-0.2, 0) is 9.53 Å². The van der Waals surface area contributed by atoms with Gasteiger partial charge in [-0.1, -0.05) is 12.1 Å². The molecule has 0 aliphatic heterocycles. The smallest absolute Gasteiger partial charge is 0.330 e. The van der Waals surface area contributed by atoms with Crippen molar-refractivity contribution in [1.29, 1.82) is 0 Å². The Hall–Kier alpha value is -2.88. The fourth-order valence-corrected chi connectivity index (χ4v) is 2.36. The minimum Gasteiger partial charge on any atom is -0.463 e. The number of fused-ring (bicyclic) bond motifs is 1. The summed E-state index contributed by atoms with van der Waals surface area (Å²) in [6, 6.07) is 10.1. The van der Waals surface area contributed by atoms with E-state index in [4.69, 9.17) is 4.74 Å². The Labute approximate surface area is 128 Å². The van der Waals surface area contributed by atoms with Gasteiger partial charge in [0.2, 0.25) is 0 Å². The number of nitrogens with zero attached hydrogens (tertiary/aromatic N) is 1. The van der Waals surface area contributed by atoms with Crippen LogP contribution in [-0.4, -0.2) is 22.5 Å². The van der Waals surface area contributed by atoms with Crippen LogP contribution in [0.3, 0.4) is 0 Å². The Kier molecular flexibility index (Phi) is 4.01. The number of H-pyrrole nitrogens is 1. The van der Waals surface area contributed by atoms with E-state index in [9.17, 15) is 4.79 Å². The zero-order valence-electron chi connectivity index (χ0n) is 12.2. The first-order chi connectivity index (χ1) is 10.8. The van der Waals surface area contributed by atoms with Crippen molar-refractivity contribution >= 4 is 22.9 Å². The second-order valence-electron chi connectivity index (χ2n) is 4.83. The van der Waals surface area contributed by atoms with Crippen molar-refractivity contribution in [2.24, 2.45) is 0 Å². The summed E-state index contributed by atoms with van der Waals surface area (Å²) < 4.78 is 4.91. The van der Waals surface area contributed by atoms with E-state index in [1.54, 1.807) is 25.4 Å². The number of aromatic nitrogens is 2. The van der Waals surface area contributed by atoms with Gasteiger partial charge < -0.3 is 9.72 Å². The first-order valence-electron chi connectivity index (χ1n) is 7.14. The third-order valence-corrected chi connectivity index (χ3v) is 3.41. The van der Waals surface area contributed by atoms with E-state index < -0.39 is 0 Å². The molecule has 0 radical (unpaired) electrons. The number of ether oxygens (including phenoxy) is 1. The molecule has 0 fully saturated rings. The predicted molar refractivity (Wildman–Crippen MR) is 87.2 cm³/mol. The van der Waals surface area contributed by atoms with Gasteiger partial charge in [-0.25, -0.2) is 4.79 Å². The highest BCUT2D eigenvalue weighted by atomic mass is 16.5. The molecule has 0 aliphatic carbocycles. The molecule has 4 heteroatoms. The van der Waals surface area contributed by atoms with Gasteiger partial charge in [0.15, 0.2) is 0 Å². The molecule has 0 unspecified atom stereocenters. The van der Waals surface area contributed by atoms with Crippen molar-refractivity contribution in [2.45, 2.75) is 6.92 Å². The number of hydrogen-bond donors (Lipinski definition) is 1. The molecule has 2 heterocycles. The van der Waals surface area contributed by atoms with Gasteiger partial charge in [0, 0.05) is 35.7 Å². The van der Waals surface area contributed by atoms with Crippen molar-refractivity contribution in [3.8, 4) is 11.1 Å². The quantitative estimate of drug-likeness (QED) is 0.587. The van der Waals surface area contributed by atoms with E-state index >= 15 is 0 Å². The Morgan fingerprint density at radius 3 is 3.09 bits per heavy atom. The SMILES string of the molecule is CCOC(=O)/C=C/c1ccncc1-c1ccc2cc[nH]c2c1. The molecule has 0 aliphatic rings. The zero-order valence-corrected chi connectivity index (χ0v) is 12.2. The van der Waals surface area contributed by atoms with Gasteiger partial charge >= 0.3 is 5.97 Å². The summed E-state index contributed by atoms with van der Waals surface area (Å²) in [5.41, 5.74) is 4.02. The molecule has 0 saturated heterocycles. The van der Waals surface area contributed by atoms with Crippen molar-refractivity contribution in [1.82, 2.24) is 9.97 Å². The van der Waals surface area contributed by atoms with E-state index in [1.807, 2.05) is 18.3 Å². The molecule has 0 bridgehead atoms. The molecule has 0 atom stereocenters. The van der Waals surface area contributed by atoms with E-state index in [0.717, 1.165) is 27.6 Å². The van der Waals surface area contributed by atoms with Gasteiger partial charge in [-0.2, -0.15) is 0 Å². The Balaban J connectivity index is 1.98. The summed E-state index contributed by atoms with van der Waals surface area (Å²) in [6.45, 7) is 2.16. The third-order valence-electron chi connectivity index (χ3n) is 3.41. The lowest BCUT2D eigenvalue weighted by Gasteiger charge is -2.06. The van der Waals surface area contributed by atoms with E-state index in [1.165, 1.54) is 6.08 Å². The maximum Gasteiger partial charge on any atom is 0.330 e. The first-order valence-corrected chi connectivity index (χ1v) is 7.14. The molecule has 0 spiro atoms. The number of hydrogen-bond acceptors (Lipinski definition) is 3. The number of nitrogens with one attached hydrogen (secondary N) is 1. The lowest BCUT2D eigenvalue weighted by Crippen LogP contribution is -1.98. The van der Waals surface area contributed by atoms with Crippen LogP contribution in [0.4, 0.5) is 0 Å². The molecular weight excluding hydrogens is 276 g/mol. The van der Waals surface area contributed by atoms with E-state index in [2.05, 4.69) is 28.2 Å². The summed E-state index contributed by atoms with van der Waals surface area (Å²) in [5.74, 6) is -0.343. The van der Waals surface area contributed by atoms with E-state index in [0.29, 0.717) is 6.61 Å². The minimum absolute atomic E-state index is 0.343. The number of esters is 1. The lowest BCUT2D eigenvalue weighted by atomic mass is 10.0. The molecule has 4 nitrogen and oxygen atoms in total. The first kappa shape index (κ1) is 14.1. The van der Waals surface area contributed by atoms with Crippen LogP contribution < -0.4 is 0 Å². The lowest BCUT2D eigenvalue weighted by molar-refractivity contribution is -0.137. The second-order valence-corrected chi connectivity index (χ2v) is 4.83. The van der Waals surface area contributed by atoms with Crippen molar-refractivity contribution in [3.05, 3.63) is 60.6 Å². The third kappa shape index (κ3) is 2.91. The van der Waals surface area contributed by atoms with Crippen LogP contribution in [0.1, 0.15) is 12.5 Å². The van der Waals surface area contributed by atoms with Crippen LogP contribution in [0.5, 0.6) is 0 Å². The predicted octanol–water partition coefficient (Wildman–Crippen LogP) is 3.81. The molecule has 22 heavy (non-hydrogen) atoms. The average Bonchev–Trinajstić information content (AvgIpc) is 3.01. The summed E-state index contributed by atoms with van der Waals surface area (Å²) in [7, 11) is 0. The Bertz CT molecular complexity index is 834. The van der Waals surface area contributed by atoms with Crippen LogP contribution in [0.25, 0.3) is 28.1 Å². The van der Waals surface area contributed by atoms with Crippen LogP contribution in [0.15, 0.2) is 55.0 Å². The number of aromatic amines is 1. The average molecular weight is 292 g/mol. The van der Waals surface area contributed by atoms with Gasteiger partial charge in [0.05, 0.1) is 6.61 Å². The van der Waals surface area contributed by atoms with Crippen molar-refractivity contribution < 1.29 is 9.53 Å². The van der Waals surface area contributed by atoms with Gasteiger partial charge in [-0.15, -0.1) is 0 Å². The second kappa shape index (κ2) is 6.26. The normalized spacial score (nSPS) is 11.1. The van der Waals surface area contributed by atoms with E-state index in [-0.39, 0.29) is 5.97 Å². The van der Waals surface area contributed by atoms with Crippen molar-refractivity contribution in [3.63, 3.8) is 0 Å². The van der Waals surface area contributed by atoms with Gasteiger partial charge in [-0.05, 0) is 47.7 Å². The molecular formula is C18H16N2O2. The summed E-state index contributed by atoms with van der Waals surface area (Å²) in [4.78, 5) is 18.9. The fourth-order valence-electron chi connectivity index (χ4n) is 2.36. The molecule has 2 aromatic heterocycles. The molecule has 3 aromatic rings. The van der Waals surface area contributed by atoms with Gasteiger partial charge in [-0.3, -0.25) is 4.98 Å². The van der Waals surface area contributed by atoms with Gasteiger partial charge in [0.1, 0.15) is 0 Å². The molecule has 110 valence electrons. The highest BCUT2D eigenvalue weighted by Crippen LogP contribution is 2.26. The highest BCUT2D eigenvalue weighted by molar-refractivity contribution is 5.90. The minimum atomic E-state index is -0.343. The number of pyridine rings is 1. The standard InChI is InChI=1S/C18H16N2O2/c1-2-22-18(21)6-5-13-7-9-19-12-16(13)15-4-3-14-8-10-20-17(14)11-15/h3-12,20H,2H2,1H3/b6-5+. The summed E-state index contributed by atoms with van der Waals surface area (Å²) >= 11 is 0. The topological polar surface area (TPSA) is 55.0 Å². The van der Waals surface area contributed by atoms with Gasteiger partial charge in [0.25, 0.3) is 0 Å². The summed E-state index contributed by atoms with van der Waals surface area (Å²) in [5, 5.41) is 1.16. The number of carbonyl (C=O) groups is 1. The fraction of sp³-hybridized carbons (Fsp3) is 0.111. The molecule has 1 N–H and O–H groups in total. The Morgan fingerprint density at radius 2 is 2.23 bits per heavy atom. The highest BCUT2D eigenvalue weighted by Gasteiger charge is 2.05. The van der Waals surface area contributed by atoms with Crippen LogP contribution in [0.2, 0.25) is 0 Å². The monoisotopic (exact) mass is 292 g/mol. The number of rotatable bonds is 4. The van der Waals surface area contributed by atoms with Crippen LogP contribution >= 0.6 is 0 Å². The molecule has 1 aromatic carbocycles. The maximum atomic E-state index is 11.5. The van der Waals surface area contributed by atoms with Crippen LogP contribution in [0, 0.1) is 0 Å². The summed E-state index contributed by atoms with van der Waals surface area (Å²) in [6.07, 6.45) is 8.62. The largest absolute Gasteiger partial charge is 0.463 e. The maximum absolute atomic E-state index is 11.5. The molecule has 3 rings (SSSR count). The molecule has 0 saturated carbocycles. The zero-order chi connectivity index (χ0) is 15.4. The Morgan fingerprint density at radius 1 is 1.32 bits per heavy atom. The number of carbonyl (C=O) groups excluding carboxylic acids is 1. The van der Waals surface area contributed by atoms with Crippen molar-refractivity contribution in [2.75, 3.05) is 6.61 Å². The number of benzene rings is 1. The molecule has 0 amide bonds.